The lowest BCUT2D eigenvalue weighted by Gasteiger charge is -2.23. The largest absolute Gasteiger partial charge is 0.388 e. The first-order chi connectivity index (χ1) is 10.1. The van der Waals surface area contributed by atoms with Crippen LogP contribution in [0.15, 0.2) is 6.20 Å². The molecule has 0 spiro atoms. The van der Waals surface area contributed by atoms with E-state index < -0.39 is 5.60 Å². The predicted molar refractivity (Wildman–Crippen MR) is 82.3 cm³/mol. The van der Waals surface area contributed by atoms with Crippen LogP contribution in [0, 0.1) is 12.8 Å². The summed E-state index contributed by atoms with van der Waals surface area (Å²) in [5, 5.41) is 17.1. The topological polar surface area (TPSA) is 74.2 Å². The lowest BCUT2D eigenvalue weighted by atomic mass is 10.0. The van der Waals surface area contributed by atoms with E-state index >= 15 is 0 Å². The Bertz CT molecular complexity index is 507. The van der Waals surface area contributed by atoms with Crippen LogP contribution >= 0.6 is 11.3 Å². The van der Waals surface area contributed by atoms with Gasteiger partial charge in [-0.2, -0.15) is 0 Å². The Morgan fingerprint density at radius 2 is 2.24 bits per heavy atom. The highest BCUT2D eigenvalue weighted by Gasteiger charge is 2.36. The molecule has 1 aromatic heterocycles. The standard InChI is InChI=1S/C15H23N3O2S/c1-10-8-16-13(21-10)12(11-4-5-11)18-14(19)17-9-15(20)6-2-3-7-15/h8,11-12,20H,2-7,9H2,1H3,(H2,17,18,19). The van der Waals surface area contributed by atoms with Crippen LogP contribution in [-0.2, 0) is 0 Å². The molecule has 0 aliphatic heterocycles. The van der Waals surface area contributed by atoms with Crippen molar-refractivity contribution in [3.05, 3.63) is 16.1 Å². The van der Waals surface area contributed by atoms with Crippen molar-refractivity contribution in [1.82, 2.24) is 15.6 Å². The molecule has 1 heterocycles. The van der Waals surface area contributed by atoms with Gasteiger partial charge in [0, 0.05) is 17.6 Å². The second kappa shape index (κ2) is 5.93. The number of urea groups is 1. The number of aliphatic hydroxyl groups is 1. The Morgan fingerprint density at radius 1 is 1.52 bits per heavy atom. The highest BCUT2D eigenvalue weighted by atomic mass is 32.1. The highest BCUT2D eigenvalue weighted by Crippen LogP contribution is 2.42. The number of nitrogens with zero attached hydrogens (tertiary/aromatic N) is 1. The predicted octanol–water partition coefficient (Wildman–Crippen LogP) is 2.51. The van der Waals surface area contributed by atoms with Gasteiger partial charge in [-0.05, 0) is 38.5 Å². The van der Waals surface area contributed by atoms with Crippen LogP contribution < -0.4 is 10.6 Å². The van der Waals surface area contributed by atoms with E-state index in [1.165, 1.54) is 0 Å². The quantitative estimate of drug-likeness (QED) is 0.782. The van der Waals surface area contributed by atoms with Crippen LogP contribution in [0.1, 0.15) is 54.5 Å². The molecular weight excluding hydrogens is 286 g/mol. The third-order valence-electron chi connectivity index (χ3n) is 4.40. The number of carbonyl (C=O) groups excluding carboxylic acids is 1. The van der Waals surface area contributed by atoms with Crippen LogP contribution in [0.5, 0.6) is 0 Å². The van der Waals surface area contributed by atoms with Gasteiger partial charge in [0.2, 0.25) is 0 Å². The molecule has 0 bridgehead atoms. The molecule has 0 saturated heterocycles. The highest BCUT2D eigenvalue weighted by molar-refractivity contribution is 7.11. The van der Waals surface area contributed by atoms with Crippen LogP contribution in [0.4, 0.5) is 4.79 Å². The van der Waals surface area contributed by atoms with Crippen molar-refractivity contribution >= 4 is 17.4 Å². The van der Waals surface area contributed by atoms with E-state index in [1.807, 2.05) is 13.1 Å². The van der Waals surface area contributed by atoms with Gasteiger partial charge in [-0.3, -0.25) is 0 Å². The van der Waals surface area contributed by atoms with Gasteiger partial charge in [0.15, 0.2) is 0 Å². The molecule has 0 radical (unpaired) electrons. The van der Waals surface area contributed by atoms with E-state index in [-0.39, 0.29) is 12.1 Å². The molecule has 1 aromatic rings. The number of aryl methyl sites for hydroxylation is 1. The van der Waals surface area contributed by atoms with Crippen molar-refractivity contribution < 1.29 is 9.90 Å². The zero-order valence-electron chi connectivity index (χ0n) is 12.4. The fourth-order valence-corrected chi connectivity index (χ4v) is 3.89. The first-order valence-corrected chi connectivity index (χ1v) is 8.56. The maximum atomic E-state index is 12.1. The van der Waals surface area contributed by atoms with E-state index in [0.717, 1.165) is 48.4 Å². The van der Waals surface area contributed by atoms with E-state index in [1.54, 1.807) is 11.3 Å². The lowest BCUT2D eigenvalue weighted by molar-refractivity contribution is 0.0500. The molecule has 3 rings (SSSR count). The van der Waals surface area contributed by atoms with Gasteiger partial charge in [0.05, 0.1) is 11.6 Å². The summed E-state index contributed by atoms with van der Waals surface area (Å²) < 4.78 is 0. The zero-order chi connectivity index (χ0) is 14.9. The summed E-state index contributed by atoms with van der Waals surface area (Å²) >= 11 is 1.65. The molecular formula is C15H23N3O2S. The molecule has 116 valence electrons. The van der Waals surface area contributed by atoms with Crippen LogP contribution in [0.2, 0.25) is 0 Å². The van der Waals surface area contributed by atoms with Gasteiger partial charge in [0.1, 0.15) is 5.01 Å². The number of aromatic nitrogens is 1. The summed E-state index contributed by atoms with van der Waals surface area (Å²) in [6.07, 6.45) is 7.80. The molecule has 21 heavy (non-hydrogen) atoms. The SMILES string of the molecule is Cc1cnc(C(NC(=O)NCC2(O)CCCC2)C2CC2)s1. The number of carbonyl (C=O) groups is 1. The first kappa shape index (κ1) is 14.8. The minimum atomic E-state index is -0.704. The van der Waals surface area contributed by atoms with Gasteiger partial charge >= 0.3 is 6.03 Å². The van der Waals surface area contributed by atoms with Crippen molar-refractivity contribution in [3.63, 3.8) is 0 Å². The van der Waals surface area contributed by atoms with E-state index in [0.29, 0.717) is 12.5 Å². The fourth-order valence-electron chi connectivity index (χ4n) is 2.97. The van der Waals surface area contributed by atoms with Gasteiger partial charge in [0.25, 0.3) is 0 Å². The third-order valence-corrected chi connectivity index (χ3v) is 5.39. The maximum absolute atomic E-state index is 12.1. The van der Waals surface area contributed by atoms with Gasteiger partial charge < -0.3 is 15.7 Å². The molecule has 3 N–H and O–H groups in total. The Balaban J connectivity index is 1.54. The molecule has 2 saturated carbocycles. The Morgan fingerprint density at radius 3 is 2.81 bits per heavy atom. The number of thiazole rings is 1. The van der Waals surface area contributed by atoms with Crippen molar-refractivity contribution in [1.29, 1.82) is 0 Å². The van der Waals surface area contributed by atoms with Crippen molar-refractivity contribution in [2.75, 3.05) is 6.54 Å². The summed E-state index contributed by atoms with van der Waals surface area (Å²) in [6, 6.07) is -0.179. The molecule has 0 aromatic carbocycles. The van der Waals surface area contributed by atoms with Gasteiger partial charge in [-0.25, -0.2) is 9.78 Å². The fraction of sp³-hybridized carbons (Fsp3) is 0.733. The molecule has 6 heteroatoms. The number of hydrogen-bond acceptors (Lipinski definition) is 4. The number of amides is 2. The van der Waals surface area contributed by atoms with Crippen LogP contribution in [0.25, 0.3) is 0 Å². The molecule has 2 amide bonds. The van der Waals surface area contributed by atoms with Crippen LogP contribution in [-0.4, -0.2) is 28.3 Å². The maximum Gasteiger partial charge on any atom is 0.315 e. The minimum absolute atomic E-state index is 0.0157. The lowest BCUT2D eigenvalue weighted by Crippen LogP contribution is -2.46. The molecule has 1 atom stereocenters. The van der Waals surface area contributed by atoms with E-state index in [2.05, 4.69) is 15.6 Å². The molecule has 2 aliphatic carbocycles. The summed E-state index contributed by atoms with van der Waals surface area (Å²) in [7, 11) is 0. The second-order valence-electron chi connectivity index (χ2n) is 6.38. The van der Waals surface area contributed by atoms with Crippen molar-refractivity contribution in [3.8, 4) is 0 Å². The third kappa shape index (κ3) is 3.74. The first-order valence-electron chi connectivity index (χ1n) is 7.75. The number of rotatable bonds is 5. The smallest absolute Gasteiger partial charge is 0.315 e. The van der Waals surface area contributed by atoms with Gasteiger partial charge in [-0.1, -0.05) is 12.8 Å². The monoisotopic (exact) mass is 309 g/mol. The zero-order valence-corrected chi connectivity index (χ0v) is 13.2. The Hall–Kier alpha value is -1.14. The second-order valence-corrected chi connectivity index (χ2v) is 7.65. The number of nitrogens with one attached hydrogen (secondary N) is 2. The molecule has 1 unspecified atom stereocenters. The summed E-state index contributed by atoms with van der Waals surface area (Å²) in [4.78, 5) is 17.7. The normalized spacial score (nSPS) is 22.0. The summed E-state index contributed by atoms with van der Waals surface area (Å²) in [6.45, 7) is 2.37. The Labute approximate surface area is 129 Å². The summed E-state index contributed by atoms with van der Waals surface area (Å²) in [5.41, 5.74) is -0.704. The van der Waals surface area contributed by atoms with E-state index in [4.69, 9.17) is 0 Å². The molecule has 5 nitrogen and oxygen atoms in total. The molecule has 2 aliphatic rings. The van der Waals surface area contributed by atoms with Gasteiger partial charge in [-0.15, -0.1) is 11.3 Å². The van der Waals surface area contributed by atoms with Crippen LogP contribution in [0.3, 0.4) is 0 Å². The Kier molecular flexibility index (Phi) is 4.17. The minimum Gasteiger partial charge on any atom is -0.388 e. The van der Waals surface area contributed by atoms with Crippen molar-refractivity contribution in [2.45, 2.75) is 57.1 Å². The summed E-state index contributed by atoms with van der Waals surface area (Å²) in [5.74, 6) is 0.510. The average molecular weight is 309 g/mol. The average Bonchev–Trinajstić information content (AvgIpc) is 3.06. The van der Waals surface area contributed by atoms with E-state index in [9.17, 15) is 9.90 Å². The number of hydrogen-bond donors (Lipinski definition) is 3. The van der Waals surface area contributed by atoms with Crippen molar-refractivity contribution in [2.24, 2.45) is 5.92 Å². The molecule has 2 fully saturated rings.